The first kappa shape index (κ1) is 11.9. The summed E-state index contributed by atoms with van der Waals surface area (Å²) in [4.78, 5) is 3.19. The molecule has 0 aliphatic carbocycles. The molecule has 0 aliphatic rings. The van der Waals surface area contributed by atoms with E-state index in [2.05, 4.69) is 31.1 Å². The van der Waals surface area contributed by atoms with E-state index >= 15 is 0 Å². The summed E-state index contributed by atoms with van der Waals surface area (Å²) in [5, 5.41) is 9.06. The van der Waals surface area contributed by atoms with Gasteiger partial charge in [0.15, 0.2) is 0 Å². The minimum atomic E-state index is 0.679. The van der Waals surface area contributed by atoms with Crippen molar-refractivity contribution < 1.29 is 4.42 Å². The average Bonchev–Trinajstić information content (AvgIpc) is 3.04. The third-order valence-corrected chi connectivity index (χ3v) is 3.16. The van der Waals surface area contributed by atoms with Gasteiger partial charge in [0.1, 0.15) is 5.76 Å². The van der Waals surface area contributed by atoms with Gasteiger partial charge in [0.05, 0.1) is 18.7 Å². The van der Waals surface area contributed by atoms with Gasteiger partial charge < -0.3 is 9.40 Å². The lowest BCUT2D eigenvalue weighted by Crippen LogP contribution is -1.78. The summed E-state index contributed by atoms with van der Waals surface area (Å²) in [5.74, 6) is 0.679. The summed E-state index contributed by atoms with van der Waals surface area (Å²) in [5.41, 5.74) is 2.06. The molecule has 5 heteroatoms. The zero-order chi connectivity index (χ0) is 13.1. The number of H-pyrrole nitrogens is 1. The Morgan fingerprint density at radius 2 is 2.05 bits per heavy atom. The second kappa shape index (κ2) is 5.24. The third kappa shape index (κ3) is 2.66. The lowest BCUT2D eigenvalue weighted by Gasteiger charge is -1.92. The normalized spacial score (nSPS) is 12.1. The van der Waals surface area contributed by atoms with Crippen LogP contribution in [0.1, 0.15) is 11.3 Å². The van der Waals surface area contributed by atoms with Crippen molar-refractivity contribution in [1.82, 2.24) is 4.98 Å². The molecule has 94 valence electrons. The van der Waals surface area contributed by atoms with Crippen molar-refractivity contribution in [1.29, 1.82) is 0 Å². The van der Waals surface area contributed by atoms with Crippen molar-refractivity contribution in [2.75, 3.05) is 0 Å². The van der Waals surface area contributed by atoms with Gasteiger partial charge in [0.25, 0.3) is 0 Å². The van der Waals surface area contributed by atoms with Crippen molar-refractivity contribution in [3.8, 4) is 0 Å². The number of hydrogen-bond acceptors (Lipinski definition) is 3. The van der Waals surface area contributed by atoms with E-state index in [9.17, 15) is 0 Å². The Morgan fingerprint density at radius 1 is 1.16 bits per heavy atom. The van der Waals surface area contributed by atoms with Crippen LogP contribution in [0.25, 0.3) is 10.9 Å². The SMILES string of the molecule is Brc1ccc2[nH]cc(/C=N/N=C/c3ccco3)c2c1. The quantitative estimate of drug-likeness (QED) is 0.577. The number of furan rings is 1. The van der Waals surface area contributed by atoms with Gasteiger partial charge in [-0.15, -0.1) is 0 Å². The van der Waals surface area contributed by atoms with Crippen LogP contribution in [0.15, 0.2) is 61.9 Å². The number of rotatable bonds is 3. The fourth-order valence-corrected chi connectivity index (χ4v) is 2.13. The molecule has 0 bridgehead atoms. The van der Waals surface area contributed by atoms with Crippen molar-refractivity contribution in [3.63, 3.8) is 0 Å². The van der Waals surface area contributed by atoms with Gasteiger partial charge in [-0.3, -0.25) is 0 Å². The van der Waals surface area contributed by atoms with Crippen molar-refractivity contribution in [3.05, 3.63) is 58.6 Å². The number of aromatic amines is 1. The average molecular weight is 316 g/mol. The maximum Gasteiger partial charge on any atom is 0.146 e. The fourth-order valence-electron chi connectivity index (χ4n) is 1.77. The van der Waals surface area contributed by atoms with E-state index in [1.54, 1.807) is 18.7 Å². The van der Waals surface area contributed by atoms with Gasteiger partial charge in [-0.25, -0.2) is 0 Å². The maximum atomic E-state index is 5.12. The Labute approximate surface area is 118 Å². The summed E-state index contributed by atoms with van der Waals surface area (Å²) >= 11 is 3.46. The zero-order valence-corrected chi connectivity index (χ0v) is 11.5. The first-order valence-electron chi connectivity index (χ1n) is 5.69. The molecule has 0 unspecified atom stereocenters. The number of nitrogens with zero attached hydrogens (tertiary/aromatic N) is 2. The van der Waals surface area contributed by atoms with E-state index in [0.717, 1.165) is 20.9 Å². The highest BCUT2D eigenvalue weighted by atomic mass is 79.9. The van der Waals surface area contributed by atoms with Crippen LogP contribution in [0, 0.1) is 0 Å². The Balaban J connectivity index is 1.83. The van der Waals surface area contributed by atoms with Crippen molar-refractivity contribution in [2.45, 2.75) is 0 Å². The van der Waals surface area contributed by atoms with E-state index < -0.39 is 0 Å². The number of benzene rings is 1. The number of halogens is 1. The monoisotopic (exact) mass is 315 g/mol. The van der Waals surface area contributed by atoms with Crippen LogP contribution in [0.2, 0.25) is 0 Å². The molecule has 0 amide bonds. The molecule has 0 spiro atoms. The third-order valence-electron chi connectivity index (χ3n) is 2.67. The topological polar surface area (TPSA) is 53.6 Å². The molecule has 0 saturated heterocycles. The van der Waals surface area contributed by atoms with E-state index in [1.165, 1.54) is 0 Å². The summed E-state index contributed by atoms with van der Waals surface area (Å²) in [6.45, 7) is 0. The molecule has 1 aromatic carbocycles. The lowest BCUT2D eigenvalue weighted by molar-refractivity contribution is 0.560. The predicted octanol–water partition coefficient (Wildman–Crippen LogP) is 3.98. The standard InChI is InChI=1S/C14H10BrN3O/c15-11-3-4-14-13(6-11)10(7-16-14)8-17-18-9-12-2-1-5-19-12/h1-9,16H/b17-8+,18-9+. The molecule has 0 radical (unpaired) electrons. The zero-order valence-electron chi connectivity index (χ0n) is 9.88. The molecular formula is C14H10BrN3O. The largest absolute Gasteiger partial charge is 0.463 e. The summed E-state index contributed by atoms with van der Waals surface area (Å²) in [6.07, 6.45) is 6.79. The minimum Gasteiger partial charge on any atom is -0.463 e. The van der Waals surface area contributed by atoms with E-state index in [0.29, 0.717) is 5.76 Å². The van der Waals surface area contributed by atoms with E-state index in [1.807, 2.05) is 36.5 Å². The number of aromatic nitrogens is 1. The Hall–Kier alpha value is -2.14. The molecule has 2 heterocycles. The molecule has 3 aromatic rings. The minimum absolute atomic E-state index is 0.679. The van der Waals surface area contributed by atoms with Crippen LogP contribution >= 0.6 is 15.9 Å². The summed E-state index contributed by atoms with van der Waals surface area (Å²) in [7, 11) is 0. The van der Waals surface area contributed by atoms with Crippen LogP contribution in [0.5, 0.6) is 0 Å². The Morgan fingerprint density at radius 3 is 2.89 bits per heavy atom. The van der Waals surface area contributed by atoms with Crippen molar-refractivity contribution in [2.24, 2.45) is 10.2 Å². The van der Waals surface area contributed by atoms with Gasteiger partial charge >= 0.3 is 0 Å². The summed E-state index contributed by atoms with van der Waals surface area (Å²) in [6, 6.07) is 9.69. The number of hydrogen-bond donors (Lipinski definition) is 1. The van der Waals surface area contributed by atoms with Crippen LogP contribution in [-0.4, -0.2) is 17.4 Å². The predicted molar refractivity (Wildman–Crippen MR) is 79.9 cm³/mol. The molecule has 0 saturated carbocycles. The molecule has 0 atom stereocenters. The fraction of sp³-hybridized carbons (Fsp3) is 0. The second-order valence-electron chi connectivity index (χ2n) is 3.94. The first-order chi connectivity index (χ1) is 9.33. The molecule has 3 rings (SSSR count). The highest BCUT2D eigenvalue weighted by Gasteiger charge is 2.01. The molecule has 1 N–H and O–H groups in total. The van der Waals surface area contributed by atoms with Crippen LogP contribution in [0.3, 0.4) is 0 Å². The molecular weight excluding hydrogens is 306 g/mol. The number of fused-ring (bicyclic) bond motifs is 1. The van der Waals surface area contributed by atoms with Gasteiger partial charge in [0.2, 0.25) is 0 Å². The first-order valence-corrected chi connectivity index (χ1v) is 6.49. The van der Waals surface area contributed by atoms with Gasteiger partial charge in [-0.2, -0.15) is 10.2 Å². The second-order valence-corrected chi connectivity index (χ2v) is 4.85. The Kier molecular flexibility index (Phi) is 3.29. The summed E-state index contributed by atoms with van der Waals surface area (Å²) < 4.78 is 6.16. The van der Waals surface area contributed by atoms with Crippen LogP contribution in [-0.2, 0) is 0 Å². The van der Waals surface area contributed by atoms with Crippen LogP contribution < -0.4 is 0 Å². The molecule has 4 nitrogen and oxygen atoms in total. The van der Waals surface area contributed by atoms with Gasteiger partial charge in [0, 0.05) is 27.1 Å². The van der Waals surface area contributed by atoms with E-state index in [4.69, 9.17) is 4.42 Å². The van der Waals surface area contributed by atoms with Gasteiger partial charge in [-0.05, 0) is 30.3 Å². The Bertz CT molecular complexity index is 741. The highest BCUT2D eigenvalue weighted by Crippen LogP contribution is 2.21. The number of nitrogens with one attached hydrogen (secondary N) is 1. The smallest absolute Gasteiger partial charge is 0.146 e. The van der Waals surface area contributed by atoms with E-state index in [-0.39, 0.29) is 0 Å². The lowest BCUT2D eigenvalue weighted by atomic mass is 10.2. The maximum absolute atomic E-state index is 5.12. The highest BCUT2D eigenvalue weighted by molar-refractivity contribution is 9.10. The van der Waals surface area contributed by atoms with Crippen LogP contribution in [0.4, 0.5) is 0 Å². The molecule has 0 aliphatic heterocycles. The molecule has 0 fully saturated rings. The van der Waals surface area contributed by atoms with Gasteiger partial charge in [-0.1, -0.05) is 15.9 Å². The molecule has 2 aromatic heterocycles. The molecule has 19 heavy (non-hydrogen) atoms. The van der Waals surface area contributed by atoms with Crippen molar-refractivity contribution >= 4 is 39.3 Å².